The van der Waals surface area contributed by atoms with Gasteiger partial charge in [-0.3, -0.25) is 4.72 Å². The van der Waals surface area contributed by atoms with Gasteiger partial charge in [-0.1, -0.05) is 17.7 Å². The number of aryl methyl sites for hydroxylation is 1. The highest BCUT2D eigenvalue weighted by atomic mass is 35.5. The molecule has 0 atom stereocenters. The van der Waals surface area contributed by atoms with E-state index in [2.05, 4.69) is 4.72 Å². The van der Waals surface area contributed by atoms with Crippen LogP contribution in [0.1, 0.15) is 11.3 Å². The van der Waals surface area contributed by atoms with Crippen molar-refractivity contribution in [3.8, 4) is 0 Å². The second kappa shape index (κ2) is 6.08. The lowest BCUT2D eigenvalue weighted by Crippen LogP contribution is -2.13. The van der Waals surface area contributed by atoms with E-state index in [0.29, 0.717) is 11.3 Å². The molecule has 0 saturated heterocycles. The van der Waals surface area contributed by atoms with Gasteiger partial charge >= 0.3 is 0 Å². The van der Waals surface area contributed by atoms with E-state index in [1.54, 1.807) is 6.92 Å². The smallest absolute Gasteiger partial charge is 0.295 e. The molecule has 1 aromatic heterocycles. The summed E-state index contributed by atoms with van der Waals surface area (Å²) in [6.07, 6.45) is 0. The number of halogens is 1. The maximum atomic E-state index is 12.2. The topological polar surface area (TPSA) is 93.5 Å². The van der Waals surface area contributed by atoms with Crippen LogP contribution in [0.4, 0.5) is 5.69 Å². The molecule has 0 bridgehead atoms. The summed E-state index contributed by atoms with van der Waals surface area (Å²) in [5, 5.41) is 0.0330. The Labute approximate surface area is 128 Å². The van der Waals surface area contributed by atoms with Crippen molar-refractivity contribution >= 4 is 38.0 Å². The van der Waals surface area contributed by atoms with Gasteiger partial charge in [0.1, 0.15) is 16.5 Å². The van der Waals surface area contributed by atoms with Gasteiger partial charge in [0.2, 0.25) is 5.09 Å². The average molecular weight is 350 g/mol. The van der Waals surface area contributed by atoms with E-state index in [9.17, 15) is 16.8 Å². The molecule has 0 amide bonds. The molecule has 0 saturated carbocycles. The molecule has 0 aliphatic carbocycles. The third-order valence-corrected chi connectivity index (χ3v) is 4.67. The molecular weight excluding hydrogens is 338 g/mol. The number of furan rings is 1. The third-order valence-electron chi connectivity index (χ3n) is 2.60. The quantitative estimate of drug-likeness (QED) is 0.807. The first-order valence-electron chi connectivity index (χ1n) is 5.77. The van der Waals surface area contributed by atoms with Gasteiger partial charge in [0.15, 0.2) is 0 Å². The van der Waals surface area contributed by atoms with Gasteiger partial charge in [-0.2, -0.15) is 8.42 Å². The van der Waals surface area contributed by atoms with Gasteiger partial charge in [0, 0.05) is 5.02 Å². The number of hydrogen-bond acceptors (Lipinski definition) is 5. The second-order valence-corrected chi connectivity index (χ2v) is 7.29. The Hall–Kier alpha value is -1.51. The van der Waals surface area contributed by atoms with Crippen molar-refractivity contribution < 1.29 is 21.3 Å². The summed E-state index contributed by atoms with van der Waals surface area (Å²) in [5.74, 6) is 0.158. The second-order valence-electron chi connectivity index (χ2n) is 4.26. The van der Waals surface area contributed by atoms with Crippen molar-refractivity contribution in [2.45, 2.75) is 17.8 Å². The monoisotopic (exact) mass is 349 g/mol. The summed E-state index contributed by atoms with van der Waals surface area (Å²) >= 11 is 5.82. The van der Waals surface area contributed by atoms with Gasteiger partial charge < -0.3 is 4.42 Å². The number of anilines is 1. The number of thiol groups is 1. The van der Waals surface area contributed by atoms with Crippen LogP contribution in [0.3, 0.4) is 0 Å². The molecular formula is C12H12ClNO5S2. The van der Waals surface area contributed by atoms with Crippen LogP contribution >= 0.6 is 11.6 Å². The van der Waals surface area contributed by atoms with E-state index in [-0.39, 0.29) is 21.6 Å². The zero-order valence-corrected chi connectivity index (χ0v) is 13.3. The Kier molecular flexibility index (Phi) is 4.60. The lowest BCUT2D eigenvalue weighted by molar-refractivity contribution is 0.430. The molecule has 2 rings (SSSR count). The molecule has 9 heteroatoms. The van der Waals surface area contributed by atoms with E-state index in [0.717, 1.165) is 0 Å². The van der Waals surface area contributed by atoms with E-state index < -0.39 is 20.7 Å². The maximum Gasteiger partial charge on any atom is 0.295 e. The molecule has 0 aliphatic rings. The largest absolute Gasteiger partial charge is 0.448 e. The van der Waals surface area contributed by atoms with Crippen LogP contribution in [0, 0.1) is 6.92 Å². The van der Waals surface area contributed by atoms with Crippen molar-refractivity contribution in [1.82, 2.24) is 0 Å². The molecule has 1 heterocycles. The Morgan fingerprint density at radius 3 is 2.52 bits per heavy atom. The summed E-state index contributed by atoms with van der Waals surface area (Å²) in [6, 6.07) is 7.13. The highest BCUT2D eigenvalue weighted by molar-refractivity contribution is 7.92. The van der Waals surface area contributed by atoms with Gasteiger partial charge in [0.25, 0.3) is 10.0 Å². The minimum absolute atomic E-state index is 0.107. The maximum absolute atomic E-state index is 12.2. The normalized spacial score (nSPS) is 11.8. The predicted molar refractivity (Wildman–Crippen MR) is 79.7 cm³/mol. The highest BCUT2D eigenvalue weighted by Gasteiger charge is 2.20. The average Bonchev–Trinajstić information content (AvgIpc) is 2.79. The standard InChI is InChI=1S/C12H12ClNO5S2/c1-8-2-5-12(19-8)21(17,18)14-11-6-10(13)4-3-9(11)7-20(15)16/h2-6,14,20H,7H2,1H3. The van der Waals surface area contributed by atoms with Gasteiger partial charge in [-0.25, -0.2) is 8.42 Å². The van der Waals surface area contributed by atoms with Crippen LogP contribution in [-0.4, -0.2) is 16.8 Å². The summed E-state index contributed by atoms with van der Waals surface area (Å²) < 4.78 is 53.4. The SMILES string of the molecule is Cc1ccc(S(=O)(=O)Nc2cc(Cl)ccc2C[SH](=O)=O)o1. The molecule has 0 aliphatic heterocycles. The van der Waals surface area contributed by atoms with E-state index >= 15 is 0 Å². The van der Waals surface area contributed by atoms with Crippen LogP contribution in [0.25, 0.3) is 0 Å². The first-order valence-corrected chi connectivity index (χ1v) is 9.00. The van der Waals surface area contributed by atoms with Crippen LogP contribution in [-0.2, 0) is 26.5 Å². The fraction of sp³-hybridized carbons (Fsp3) is 0.167. The molecule has 0 radical (unpaired) electrons. The summed E-state index contributed by atoms with van der Waals surface area (Å²) in [7, 11) is -6.64. The van der Waals surface area contributed by atoms with Crippen LogP contribution < -0.4 is 4.72 Å². The minimum atomic E-state index is -3.94. The highest BCUT2D eigenvalue weighted by Crippen LogP contribution is 2.25. The van der Waals surface area contributed by atoms with Crippen molar-refractivity contribution in [2.75, 3.05) is 4.72 Å². The fourth-order valence-corrected chi connectivity index (χ4v) is 3.47. The van der Waals surface area contributed by atoms with E-state index in [1.165, 1.54) is 30.3 Å². The number of hydrogen-bond donors (Lipinski definition) is 2. The zero-order valence-electron chi connectivity index (χ0n) is 10.9. The Morgan fingerprint density at radius 2 is 1.95 bits per heavy atom. The van der Waals surface area contributed by atoms with Gasteiger partial charge in [-0.15, -0.1) is 0 Å². The number of benzene rings is 1. The first kappa shape index (κ1) is 15.9. The Morgan fingerprint density at radius 1 is 1.24 bits per heavy atom. The Bertz CT molecular complexity index is 831. The molecule has 6 nitrogen and oxygen atoms in total. The fourth-order valence-electron chi connectivity index (χ4n) is 1.67. The minimum Gasteiger partial charge on any atom is -0.448 e. The summed E-state index contributed by atoms with van der Waals surface area (Å²) in [4.78, 5) is 0. The summed E-state index contributed by atoms with van der Waals surface area (Å²) in [6.45, 7) is 1.62. The van der Waals surface area contributed by atoms with Crippen molar-refractivity contribution in [2.24, 2.45) is 0 Å². The van der Waals surface area contributed by atoms with Gasteiger partial charge in [0.05, 0.1) is 11.4 Å². The molecule has 2 aromatic rings. The van der Waals surface area contributed by atoms with E-state index in [1.807, 2.05) is 0 Å². The zero-order chi connectivity index (χ0) is 15.6. The Balaban J connectivity index is 2.40. The molecule has 114 valence electrons. The van der Waals surface area contributed by atoms with Crippen molar-refractivity contribution in [1.29, 1.82) is 0 Å². The molecule has 0 spiro atoms. The number of nitrogens with one attached hydrogen (secondary N) is 1. The first-order chi connectivity index (χ1) is 9.78. The van der Waals surface area contributed by atoms with Gasteiger partial charge in [-0.05, 0) is 36.8 Å². The van der Waals surface area contributed by atoms with Crippen LogP contribution in [0.15, 0.2) is 39.8 Å². The lowest BCUT2D eigenvalue weighted by Gasteiger charge is -2.10. The molecule has 0 fully saturated rings. The third kappa shape index (κ3) is 3.99. The molecule has 1 aromatic carbocycles. The van der Waals surface area contributed by atoms with Crippen molar-refractivity contribution in [3.63, 3.8) is 0 Å². The van der Waals surface area contributed by atoms with Crippen molar-refractivity contribution in [3.05, 3.63) is 46.7 Å². The predicted octanol–water partition coefficient (Wildman–Crippen LogP) is 2.15. The van der Waals surface area contributed by atoms with E-state index in [4.69, 9.17) is 16.0 Å². The molecule has 21 heavy (non-hydrogen) atoms. The van der Waals surface area contributed by atoms with Crippen LogP contribution in [0.5, 0.6) is 0 Å². The lowest BCUT2D eigenvalue weighted by atomic mass is 10.2. The summed E-state index contributed by atoms with van der Waals surface area (Å²) in [5.41, 5.74) is 0.415. The van der Waals surface area contributed by atoms with Crippen LogP contribution in [0.2, 0.25) is 5.02 Å². The number of rotatable bonds is 5. The molecule has 0 unspecified atom stereocenters. The molecule has 1 N–H and O–H groups in total. The number of sulfonamides is 1.